The minimum atomic E-state index is -0.0366. The molecule has 3 heterocycles. The molecule has 7 rings (SSSR count). The SMILES string of the molecule is CC(=O)NC12CCC(C3=NN=C(c4ccc(-c5ccc6cc(C#N)cnn56)cc4NC(C)C)C3)(C1)C2. The van der Waals surface area contributed by atoms with Crippen LogP contribution in [-0.4, -0.2) is 38.5 Å². The maximum Gasteiger partial charge on any atom is 0.217 e. The first kappa shape index (κ1) is 22.5. The third-order valence-electron chi connectivity index (χ3n) is 7.82. The third kappa shape index (κ3) is 3.58. The van der Waals surface area contributed by atoms with Crippen LogP contribution in [0.1, 0.15) is 64.0 Å². The molecule has 8 heteroatoms. The smallest absolute Gasteiger partial charge is 0.217 e. The van der Waals surface area contributed by atoms with Crippen LogP contribution in [0.4, 0.5) is 5.69 Å². The van der Waals surface area contributed by atoms with E-state index in [9.17, 15) is 10.1 Å². The summed E-state index contributed by atoms with van der Waals surface area (Å²) >= 11 is 0. The summed E-state index contributed by atoms with van der Waals surface area (Å²) in [6.07, 6.45) is 6.36. The molecular weight excluding hydrogens is 450 g/mol. The number of nitrogens with one attached hydrogen (secondary N) is 2. The van der Waals surface area contributed by atoms with E-state index >= 15 is 0 Å². The van der Waals surface area contributed by atoms with Crippen molar-refractivity contribution in [1.82, 2.24) is 14.9 Å². The third-order valence-corrected chi connectivity index (χ3v) is 7.82. The van der Waals surface area contributed by atoms with Crippen molar-refractivity contribution in [2.45, 2.75) is 64.5 Å². The monoisotopic (exact) mass is 479 g/mol. The second-order valence-electron chi connectivity index (χ2n) is 10.8. The fourth-order valence-corrected chi connectivity index (χ4v) is 6.41. The van der Waals surface area contributed by atoms with Crippen LogP contribution in [0.25, 0.3) is 16.8 Å². The fraction of sp³-hybridized carbons (Fsp3) is 0.393. The normalized spacial score (nSPS) is 24.3. The van der Waals surface area contributed by atoms with E-state index in [0.717, 1.165) is 71.6 Å². The Balaban J connectivity index is 1.27. The summed E-state index contributed by atoms with van der Waals surface area (Å²) in [6, 6.07) is 14.6. The van der Waals surface area contributed by atoms with E-state index in [1.807, 2.05) is 22.7 Å². The molecule has 0 saturated heterocycles. The van der Waals surface area contributed by atoms with E-state index < -0.39 is 0 Å². The maximum absolute atomic E-state index is 11.6. The Bertz CT molecular complexity index is 1500. The Labute approximate surface area is 210 Å². The molecule has 3 saturated carbocycles. The number of carbonyl (C=O) groups excluding carboxylic acids is 1. The van der Waals surface area contributed by atoms with Crippen molar-refractivity contribution in [2.24, 2.45) is 15.6 Å². The van der Waals surface area contributed by atoms with Crippen molar-refractivity contribution in [3.8, 4) is 17.3 Å². The van der Waals surface area contributed by atoms with Gasteiger partial charge in [0.2, 0.25) is 5.91 Å². The molecule has 0 unspecified atom stereocenters. The standard InChI is InChI=1S/C28H29N7O/c1-17(2)31-23-11-20(25-7-5-21-10-19(13-29)14-30-35(21)25)4-6-22(23)24-12-26(34-33-24)27-8-9-28(15-27,16-27)32-18(3)36/h4-7,10-11,14,17,31H,8-9,12,15-16H2,1-3H3,(H,32,36). The van der Waals surface area contributed by atoms with Crippen LogP contribution in [0.3, 0.4) is 0 Å². The molecule has 0 radical (unpaired) electrons. The molecule has 4 aliphatic rings. The number of fused-ring (bicyclic) bond motifs is 2. The summed E-state index contributed by atoms with van der Waals surface area (Å²) < 4.78 is 1.86. The lowest BCUT2D eigenvalue weighted by molar-refractivity contribution is -0.122. The zero-order chi connectivity index (χ0) is 25.1. The second-order valence-corrected chi connectivity index (χ2v) is 10.8. The highest BCUT2D eigenvalue weighted by Crippen LogP contribution is 2.63. The van der Waals surface area contributed by atoms with Gasteiger partial charge in [0.25, 0.3) is 0 Å². The molecule has 3 fully saturated rings. The van der Waals surface area contributed by atoms with Crippen LogP contribution in [0.5, 0.6) is 0 Å². The molecule has 2 bridgehead atoms. The van der Waals surface area contributed by atoms with Crippen molar-refractivity contribution in [1.29, 1.82) is 5.26 Å². The number of amides is 1. The number of hydrogen-bond acceptors (Lipinski definition) is 6. The molecule has 0 atom stereocenters. The largest absolute Gasteiger partial charge is 0.382 e. The van der Waals surface area contributed by atoms with Gasteiger partial charge in [-0.25, -0.2) is 4.52 Å². The van der Waals surface area contributed by atoms with Crippen molar-refractivity contribution >= 4 is 28.5 Å². The number of aromatic nitrogens is 2. The van der Waals surface area contributed by atoms with Gasteiger partial charge in [-0.15, -0.1) is 0 Å². The van der Waals surface area contributed by atoms with E-state index in [-0.39, 0.29) is 22.9 Å². The molecule has 8 nitrogen and oxygen atoms in total. The number of rotatable bonds is 6. The Hall–Kier alpha value is -3.99. The highest BCUT2D eigenvalue weighted by atomic mass is 16.1. The summed E-state index contributed by atoms with van der Waals surface area (Å²) in [7, 11) is 0. The molecule has 3 aromatic rings. The lowest BCUT2D eigenvalue weighted by Crippen LogP contribution is -2.57. The van der Waals surface area contributed by atoms with Crippen LogP contribution in [-0.2, 0) is 4.79 Å². The highest BCUT2D eigenvalue weighted by molar-refractivity contribution is 6.19. The Kier molecular flexibility index (Phi) is 5.01. The van der Waals surface area contributed by atoms with Gasteiger partial charge in [0.05, 0.1) is 34.4 Å². The first-order valence-electron chi connectivity index (χ1n) is 12.5. The minimum absolute atomic E-state index is 0.0366. The maximum atomic E-state index is 11.6. The highest BCUT2D eigenvalue weighted by Gasteiger charge is 2.63. The fourth-order valence-electron chi connectivity index (χ4n) is 6.41. The van der Waals surface area contributed by atoms with Crippen molar-refractivity contribution < 1.29 is 4.79 Å². The summed E-state index contributed by atoms with van der Waals surface area (Å²) in [6.45, 7) is 5.85. The zero-order valence-corrected chi connectivity index (χ0v) is 20.8. The molecule has 1 aromatic carbocycles. The van der Waals surface area contributed by atoms with Crippen molar-refractivity contribution in [3.05, 3.63) is 53.7 Å². The van der Waals surface area contributed by atoms with Gasteiger partial charge in [-0.1, -0.05) is 12.1 Å². The lowest BCUT2D eigenvalue weighted by atomic mass is 9.61. The van der Waals surface area contributed by atoms with Crippen LogP contribution in [0, 0.1) is 16.7 Å². The topological polar surface area (TPSA) is 107 Å². The predicted octanol–water partition coefficient (Wildman–Crippen LogP) is 4.69. The molecule has 0 spiro atoms. The van der Waals surface area contributed by atoms with Gasteiger partial charge in [0.1, 0.15) is 6.07 Å². The van der Waals surface area contributed by atoms with Gasteiger partial charge >= 0.3 is 0 Å². The van der Waals surface area contributed by atoms with Crippen molar-refractivity contribution in [3.63, 3.8) is 0 Å². The Morgan fingerprint density at radius 2 is 1.97 bits per heavy atom. The van der Waals surface area contributed by atoms with Crippen molar-refractivity contribution in [2.75, 3.05) is 5.32 Å². The van der Waals surface area contributed by atoms with Crippen LogP contribution in [0.2, 0.25) is 0 Å². The number of anilines is 1. The van der Waals surface area contributed by atoms with Gasteiger partial charge in [-0.3, -0.25) is 4.79 Å². The molecule has 36 heavy (non-hydrogen) atoms. The van der Waals surface area contributed by atoms with Gasteiger partial charge in [0.15, 0.2) is 0 Å². The molecule has 1 amide bonds. The van der Waals surface area contributed by atoms with E-state index in [4.69, 9.17) is 0 Å². The van der Waals surface area contributed by atoms with Crippen LogP contribution >= 0.6 is 0 Å². The van der Waals surface area contributed by atoms with E-state index in [0.29, 0.717) is 5.56 Å². The molecular formula is C28H29N7O. The van der Waals surface area contributed by atoms with Crippen LogP contribution in [0.15, 0.2) is 52.8 Å². The average Bonchev–Trinajstić information content (AvgIpc) is 3.59. The summed E-state index contributed by atoms with van der Waals surface area (Å²) in [5.41, 5.74) is 7.70. The zero-order valence-electron chi connectivity index (χ0n) is 20.8. The van der Waals surface area contributed by atoms with E-state index in [1.54, 1.807) is 13.1 Å². The quantitative estimate of drug-likeness (QED) is 0.535. The molecule has 2 aromatic heterocycles. The predicted molar refractivity (Wildman–Crippen MR) is 140 cm³/mol. The number of nitriles is 1. The number of nitrogens with zero attached hydrogens (tertiary/aromatic N) is 5. The molecule has 1 aliphatic heterocycles. The number of carbonyl (C=O) groups is 1. The Morgan fingerprint density at radius 3 is 2.72 bits per heavy atom. The molecule has 182 valence electrons. The summed E-state index contributed by atoms with van der Waals surface area (Å²) in [5, 5.41) is 29.7. The van der Waals surface area contributed by atoms with Gasteiger partial charge in [-0.05, 0) is 63.8 Å². The molecule has 3 aliphatic carbocycles. The number of hydrogen-bond donors (Lipinski definition) is 2. The van der Waals surface area contributed by atoms with Crippen LogP contribution < -0.4 is 10.6 Å². The Morgan fingerprint density at radius 1 is 1.14 bits per heavy atom. The van der Waals surface area contributed by atoms with E-state index in [2.05, 4.69) is 64.1 Å². The summed E-state index contributed by atoms with van der Waals surface area (Å²) in [5.74, 6) is 0.0526. The minimum Gasteiger partial charge on any atom is -0.382 e. The van der Waals surface area contributed by atoms with Gasteiger partial charge in [-0.2, -0.15) is 20.6 Å². The van der Waals surface area contributed by atoms with Gasteiger partial charge in [0, 0.05) is 47.2 Å². The van der Waals surface area contributed by atoms with E-state index in [1.165, 1.54) is 0 Å². The molecule has 2 N–H and O–H groups in total. The first-order valence-corrected chi connectivity index (χ1v) is 12.5. The van der Waals surface area contributed by atoms with Gasteiger partial charge < -0.3 is 10.6 Å². The first-order chi connectivity index (χ1) is 17.3. The average molecular weight is 480 g/mol. The summed E-state index contributed by atoms with van der Waals surface area (Å²) in [4.78, 5) is 11.6. The number of benzene rings is 1. The lowest BCUT2D eigenvalue weighted by Gasteiger charge is -2.47. The second kappa shape index (κ2) is 8.02.